The Morgan fingerprint density at radius 2 is 2.19 bits per heavy atom. The van der Waals surface area contributed by atoms with E-state index >= 15 is 0 Å². The van der Waals surface area contributed by atoms with Gasteiger partial charge in [0.15, 0.2) is 0 Å². The molecular weight excluding hydrogens is 240 g/mol. The minimum atomic E-state index is 0. The van der Waals surface area contributed by atoms with Gasteiger partial charge in [-0.2, -0.15) is 0 Å². The van der Waals surface area contributed by atoms with Gasteiger partial charge in [-0.15, -0.1) is 23.7 Å². The van der Waals surface area contributed by atoms with Crippen LogP contribution in [0.2, 0.25) is 0 Å². The number of hydrogen-bond donors (Lipinski definition) is 1. The minimum absolute atomic E-state index is 0. The molecule has 2 unspecified atom stereocenters. The third-order valence-corrected chi connectivity index (χ3v) is 4.43. The lowest BCUT2D eigenvalue weighted by Crippen LogP contribution is -2.34. The summed E-state index contributed by atoms with van der Waals surface area (Å²) in [5, 5.41) is 5.90. The summed E-state index contributed by atoms with van der Waals surface area (Å²) in [6.07, 6.45) is 4.12. The van der Waals surface area contributed by atoms with Gasteiger partial charge >= 0.3 is 0 Å². The Bertz CT molecular complexity index is 315. The molecular formula is C12H19ClN2S. The van der Waals surface area contributed by atoms with Crippen molar-refractivity contribution < 1.29 is 0 Å². The number of nitrogens with zero attached hydrogens (tertiary/aromatic N) is 1. The zero-order valence-electron chi connectivity index (χ0n) is 9.39. The summed E-state index contributed by atoms with van der Waals surface area (Å²) < 4.78 is 0. The molecule has 2 atom stereocenters. The highest BCUT2D eigenvalue weighted by Crippen LogP contribution is 2.22. The van der Waals surface area contributed by atoms with Crippen molar-refractivity contribution in [3.05, 3.63) is 22.4 Å². The predicted octanol–water partition coefficient (Wildman–Crippen LogP) is 2.50. The fourth-order valence-electron chi connectivity index (χ4n) is 2.78. The van der Waals surface area contributed by atoms with E-state index in [1.807, 2.05) is 11.3 Å². The molecule has 1 aromatic heterocycles. The van der Waals surface area contributed by atoms with Crippen LogP contribution in [0.5, 0.6) is 0 Å². The van der Waals surface area contributed by atoms with Gasteiger partial charge in [-0.1, -0.05) is 6.07 Å². The molecule has 16 heavy (non-hydrogen) atoms. The van der Waals surface area contributed by atoms with Gasteiger partial charge in [0.2, 0.25) is 0 Å². The second-order valence-corrected chi connectivity index (χ2v) is 5.77. The summed E-state index contributed by atoms with van der Waals surface area (Å²) in [6, 6.07) is 5.98. The molecule has 3 rings (SSSR count). The maximum atomic E-state index is 3.72. The topological polar surface area (TPSA) is 15.3 Å². The molecule has 0 radical (unpaired) electrons. The van der Waals surface area contributed by atoms with Crippen LogP contribution in [0.15, 0.2) is 17.5 Å². The molecule has 2 fully saturated rings. The van der Waals surface area contributed by atoms with Crippen molar-refractivity contribution in [1.82, 2.24) is 10.2 Å². The molecule has 2 bridgehead atoms. The molecule has 0 spiro atoms. The minimum Gasteiger partial charge on any atom is -0.310 e. The first kappa shape index (κ1) is 12.4. The molecule has 0 aliphatic carbocycles. The molecule has 0 saturated carbocycles. The lowest BCUT2D eigenvalue weighted by molar-refractivity contribution is 0.253. The highest BCUT2D eigenvalue weighted by atomic mass is 35.5. The van der Waals surface area contributed by atoms with Crippen molar-refractivity contribution in [2.24, 2.45) is 0 Å². The molecule has 3 heterocycles. The van der Waals surface area contributed by atoms with Gasteiger partial charge in [0.25, 0.3) is 0 Å². The van der Waals surface area contributed by atoms with Crippen LogP contribution in [0.1, 0.15) is 24.1 Å². The van der Waals surface area contributed by atoms with Crippen molar-refractivity contribution in [2.45, 2.75) is 37.9 Å². The zero-order valence-corrected chi connectivity index (χ0v) is 11.0. The summed E-state index contributed by atoms with van der Waals surface area (Å²) in [4.78, 5) is 4.12. The van der Waals surface area contributed by atoms with E-state index in [-0.39, 0.29) is 12.4 Å². The van der Waals surface area contributed by atoms with Gasteiger partial charge in [-0.3, -0.25) is 4.90 Å². The number of nitrogens with one attached hydrogen (secondary N) is 1. The van der Waals surface area contributed by atoms with E-state index in [0.717, 1.165) is 18.6 Å². The Morgan fingerprint density at radius 1 is 1.31 bits per heavy atom. The molecule has 1 aromatic rings. The highest BCUT2D eigenvalue weighted by molar-refractivity contribution is 7.09. The molecule has 4 heteroatoms. The molecule has 2 aliphatic rings. The van der Waals surface area contributed by atoms with Gasteiger partial charge in [0.05, 0.1) is 0 Å². The third-order valence-electron chi connectivity index (χ3n) is 3.57. The maximum Gasteiger partial charge on any atom is 0.0328 e. The van der Waals surface area contributed by atoms with E-state index in [1.165, 1.54) is 37.2 Å². The van der Waals surface area contributed by atoms with E-state index in [0.29, 0.717) is 0 Å². The summed E-state index contributed by atoms with van der Waals surface area (Å²) in [7, 11) is 0. The summed E-state index contributed by atoms with van der Waals surface area (Å²) in [5.41, 5.74) is 0. The molecule has 0 aromatic carbocycles. The highest BCUT2D eigenvalue weighted by Gasteiger charge is 2.28. The average Bonchev–Trinajstić information content (AvgIpc) is 2.80. The molecule has 90 valence electrons. The maximum absolute atomic E-state index is 3.72. The summed E-state index contributed by atoms with van der Waals surface area (Å²) in [6.45, 7) is 3.67. The van der Waals surface area contributed by atoms with Crippen molar-refractivity contribution in [3.63, 3.8) is 0 Å². The number of halogens is 1. The Kier molecular flexibility index (Phi) is 4.25. The van der Waals surface area contributed by atoms with E-state index in [4.69, 9.17) is 0 Å². The van der Waals surface area contributed by atoms with Crippen LogP contribution in [0, 0.1) is 0 Å². The van der Waals surface area contributed by atoms with Crippen LogP contribution in [-0.2, 0) is 6.54 Å². The van der Waals surface area contributed by atoms with Gasteiger partial charge < -0.3 is 5.32 Å². The quantitative estimate of drug-likeness (QED) is 0.877. The molecule has 1 N–H and O–H groups in total. The van der Waals surface area contributed by atoms with Crippen LogP contribution in [0.4, 0.5) is 0 Å². The van der Waals surface area contributed by atoms with E-state index in [2.05, 4.69) is 27.7 Å². The average molecular weight is 259 g/mol. The third kappa shape index (κ3) is 2.77. The number of thiophene rings is 1. The molecule has 0 amide bonds. The second-order valence-electron chi connectivity index (χ2n) is 4.74. The first-order chi connectivity index (χ1) is 7.40. The van der Waals surface area contributed by atoms with Crippen LogP contribution < -0.4 is 5.32 Å². The molecule has 2 aliphatic heterocycles. The van der Waals surface area contributed by atoms with Gasteiger partial charge in [-0.25, -0.2) is 0 Å². The lowest BCUT2D eigenvalue weighted by atomic mass is 10.1. The van der Waals surface area contributed by atoms with Crippen molar-refractivity contribution in [3.8, 4) is 0 Å². The first-order valence-corrected chi connectivity index (χ1v) is 6.79. The summed E-state index contributed by atoms with van der Waals surface area (Å²) in [5.74, 6) is 0. The number of likely N-dealkylation sites (tertiary alicyclic amines) is 1. The van der Waals surface area contributed by atoms with Crippen molar-refractivity contribution in [2.75, 3.05) is 13.1 Å². The monoisotopic (exact) mass is 258 g/mol. The fraction of sp³-hybridized carbons (Fsp3) is 0.667. The molecule has 2 saturated heterocycles. The van der Waals surface area contributed by atoms with Crippen LogP contribution in [0.25, 0.3) is 0 Å². The Balaban J connectivity index is 0.000000963. The van der Waals surface area contributed by atoms with Crippen LogP contribution >= 0.6 is 23.7 Å². The van der Waals surface area contributed by atoms with Gasteiger partial charge in [0.1, 0.15) is 0 Å². The van der Waals surface area contributed by atoms with E-state index < -0.39 is 0 Å². The Hall–Kier alpha value is -0.0900. The number of hydrogen-bond acceptors (Lipinski definition) is 3. The first-order valence-electron chi connectivity index (χ1n) is 5.91. The van der Waals surface area contributed by atoms with Crippen molar-refractivity contribution in [1.29, 1.82) is 0 Å². The zero-order chi connectivity index (χ0) is 10.1. The lowest BCUT2D eigenvalue weighted by Gasteiger charge is -2.23. The fourth-order valence-corrected chi connectivity index (χ4v) is 3.53. The molecule has 2 nitrogen and oxygen atoms in total. The van der Waals surface area contributed by atoms with Gasteiger partial charge in [-0.05, 0) is 30.7 Å². The normalized spacial score (nSPS) is 29.8. The SMILES string of the molecule is Cl.c1csc(CN2CCC3CCC(C2)N3)c1. The predicted molar refractivity (Wildman–Crippen MR) is 71.4 cm³/mol. The number of fused-ring (bicyclic) bond motifs is 2. The second kappa shape index (κ2) is 5.50. The van der Waals surface area contributed by atoms with Gasteiger partial charge in [0, 0.05) is 36.6 Å². The number of rotatable bonds is 2. The van der Waals surface area contributed by atoms with Crippen molar-refractivity contribution >= 4 is 23.7 Å². The van der Waals surface area contributed by atoms with E-state index in [9.17, 15) is 0 Å². The summed E-state index contributed by atoms with van der Waals surface area (Å²) >= 11 is 1.88. The Labute approximate surface area is 107 Å². The van der Waals surface area contributed by atoms with E-state index in [1.54, 1.807) is 0 Å². The smallest absolute Gasteiger partial charge is 0.0328 e. The van der Waals surface area contributed by atoms with Crippen LogP contribution in [0.3, 0.4) is 0 Å². The largest absolute Gasteiger partial charge is 0.310 e. The van der Waals surface area contributed by atoms with Crippen LogP contribution in [-0.4, -0.2) is 30.1 Å². The Morgan fingerprint density at radius 3 is 3.00 bits per heavy atom. The standard InChI is InChI=1S/C12H18N2S.ClH/c1-2-12(15-7-1)9-14-6-5-10-3-4-11(8-14)13-10;/h1-2,7,10-11,13H,3-6,8-9H2;1H.